The number of hydrogen-bond acceptors (Lipinski definition) is 5. The van der Waals surface area contributed by atoms with Gasteiger partial charge in [-0.15, -0.1) is 0 Å². The Morgan fingerprint density at radius 3 is 2.64 bits per heavy atom. The molecule has 1 amide bonds. The van der Waals surface area contributed by atoms with Gasteiger partial charge in [-0.05, 0) is 110 Å². The van der Waals surface area contributed by atoms with E-state index >= 15 is 0 Å². The first-order valence-electron chi connectivity index (χ1n) is 15.8. The number of anilines is 2. The molecule has 2 aromatic carbocycles. The van der Waals surface area contributed by atoms with E-state index in [1.807, 2.05) is 30.5 Å². The molecule has 0 atom stereocenters. The van der Waals surface area contributed by atoms with Crippen LogP contribution >= 0.6 is 11.6 Å². The minimum absolute atomic E-state index is 0.310. The number of carbonyl (C=O) groups excluding carboxylic acids is 1. The second kappa shape index (κ2) is 11.6. The van der Waals surface area contributed by atoms with E-state index in [2.05, 4.69) is 63.9 Å². The third-order valence-electron chi connectivity index (χ3n) is 9.76. The lowest BCUT2D eigenvalue weighted by atomic mass is 9.72. The van der Waals surface area contributed by atoms with Crippen molar-refractivity contribution in [2.45, 2.75) is 51.9 Å². The number of pyridine rings is 1. The molecule has 1 aliphatic carbocycles. The molecule has 4 aromatic rings. The van der Waals surface area contributed by atoms with Gasteiger partial charge in [0.1, 0.15) is 17.9 Å². The van der Waals surface area contributed by atoms with Gasteiger partial charge in [0, 0.05) is 23.2 Å². The number of aromatic nitrogens is 2. The molecule has 0 bridgehead atoms. The average molecular weight is 610 g/mol. The molecule has 2 aromatic heterocycles. The van der Waals surface area contributed by atoms with E-state index in [1.165, 1.54) is 23.1 Å². The van der Waals surface area contributed by atoms with Crippen molar-refractivity contribution in [1.29, 1.82) is 0 Å². The van der Waals surface area contributed by atoms with Gasteiger partial charge in [0.05, 0.1) is 17.8 Å². The predicted octanol–water partition coefficient (Wildman–Crippen LogP) is 7.69. The van der Waals surface area contributed by atoms with E-state index in [9.17, 15) is 4.79 Å². The van der Waals surface area contributed by atoms with E-state index < -0.39 is 5.91 Å². The number of nitrogens with one attached hydrogen (secondary N) is 1. The number of likely N-dealkylation sites (tertiary alicyclic amines) is 1. The van der Waals surface area contributed by atoms with Crippen LogP contribution in [0.15, 0.2) is 66.4 Å². The zero-order valence-electron chi connectivity index (χ0n) is 25.5. The van der Waals surface area contributed by atoms with Gasteiger partial charge in [-0.1, -0.05) is 49.2 Å². The molecule has 3 aliphatic rings. The first kappa shape index (κ1) is 28.9. The smallest absolute Gasteiger partial charge is 0.250 e. The number of ether oxygens (including phenoxy) is 1. The molecule has 44 heavy (non-hydrogen) atoms. The Kier molecular flexibility index (Phi) is 7.63. The first-order valence-corrected chi connectivity index (χ1v) is 16.1. The Bertz CT molecular complexity index is 1730. The number of halogens is 1. The molecule has 228 valence electrons. The maximum Gasteiger partial charge on any atom is 0.250 e. The molecule has 3 N–H and O–H groups in total. The summed E-state index contributed by atoms with van der Waals surface area (Å²) in [5.74, 6) is 0.567. The summed E-state index contributed by atoms with van der Waals surface area (Å²) in [6.45, 7) is 9.00. The summed E-state index contributed by atoms with van der Waals surface area (Å²) >= 11 is 6.22. The van der Waals surface area contributed by atoms with Crippen molar-refractivity contribution in [3.63, 3.8) is 0 Å². The molecule has 4 heterocycles. The molecule has 0 radical (unpaired) electrons. The number of allylic oxidation sites excluding steroid dienone is 1. The van der Waals surface area contributed by atoms with Crippen molar-refractivity contribution < 1.29 is 9.53 Å². The number of aromatic amines is 1. The number of piperidine rings is 1. The molecule has 0 unspecified atom stereocenters. The highest BCUT2D eigenvalue weighted by molar-refractivity contribution is 6.30. The minimum atomic E-state index is -0.425. The summed E-state index contributed by atoms with van der Waals surface area (Å²) in [6.07, 6.45) is 7.50. The molecular weight excluding hydrogens is 570 g/mol. The highest BCUT2D eigenvalue weighted by atomic mass is 35.5. The number of hydrogen-bond donors (Lipinski definition) is 2. The van der Waals surface area contributed by atoms with E-state index in [-0.39, 0.29) is 0 Å². The summed E-state index contributed by atoms with van der Waals surface area (Å²) in [4.78, 5) is 25.2. The molecule has 7 nitrogen and oxygen atoms in total. The second-order valence-electron chi connectivity index (χ2n) is 13.3. The van der Waals surface area contributed by atoms with E-state index in [1.54, 1.807) is 5.57 Å². The molecule has 1 fully saturated rings. The van der Waals surface area contributed by atoms with Crippen LogP contribution in [0, 0.1) is 5.41 Å². The van der Waals surface area contributed by atoms with Crippen molar-refractivity contribution in [3.05, 3.63) is 88.1 Å². The van der Waals surface area contributed by atoms with Gasteiger partial charge < -0.3 is 20.4 Å². The van der Waals surface area contributed by atoms with Gasteiger partial charge in [0.25, 0.3) is 5.91 Å². The van der Waals surface area contributed by atoms with Crippen LogP contribution in [-0.4, -0.2) is 53.6 Å². The Hall–Kier alpha value is -3.81. The quantitative estimate of drug-likeness (QED) is 0.234. The normalized spacial score (nSPS) is 19.2. The third-order valence-corrected chi connectivity index (χ3v) is 10.0. The number of carbonyl (C=O) groups is 1. The van der Waals surface area contributed by atoms with Crippen LogP contribution in [0.4, 0.5) is 11.4 Å². The van der Waals surface area contributed by atoms with Gasteiger partial charge in [-0.2, -0.15) is 4.98 Å². The number of benzene rings is 2. The topological polar surface area (TPSA) is 87.5 Å². The number of fused-ring (bicyclic) bond motifs is 2. The molecule has 0 saturated carbocycles. The number of rotatable bonds is 6. The van der Waals surface area contributed by atoms with Crippen molar-refractivity contribution >= 4 is 45.5 Å². The van der Waals surface area contributed by atoms with E-state index in [0.29, 0.717) is 35.9 Å². The van der Waals surface area contributed by atoms with Gasteiger partial charge in [0.2, 0.25) is 5.88 Å². The first-order chi connectivity index (χ1) is 21.2. The SMILES string of the molecule is CC1(C)CCC(CN2CCC(c3ccc(C(N)=O)c(N4CCOc5nc6[nH]ccc6cc54)c3)CC2)=C(c2ccc(Cl)cc2)C1. The third kappa shape index (κ3) is 5.71. The van der Waals surface area contributed by atoms with Crippen LogP contribution in [0.25, 0.3) is 16.6 Å². The lowest BCUT2D eigenvalue weighted by Crippen LogP contribution is -2.35. The molecule has 0 spiro atoms. The number of amides is 1. The van der Waals surface area contributed by atoms with Crippen molar-refractivity contribution in [1.82, 2.24) is 14.9 Å². The van der Waals surface area contributed by atoms with Crippen LogP contribution < -0.4 is 15.4 Å². The second-order valence-corrected chi connectivity index (χ2v) is 13.8. The number of H-pyrrole nitrogens is 1. The van der Waals surface area contributed by atoms with Crippen molar-refractivity contribution in [2.24, 2.45) is 11.1 Å². The molecular formula is C36H40ClN5O2. The van der Waals surface area contributed by atoms with Crippen LogP contribution in [0.1, 0.15) is 73.4 Å². The molecule has 7 rings (SSSR count). The Labute approximate surface area is 264 Å². The van der Waals surface area contributed by atoms with Gasteiger partial charge >= 0.3 is 0 Å². The Balaban J connectivity index is 1.11. The largest absolute Gasteiger partial charge is 0.474 e. The van der Waals surface area contributed by atoms with Gasteiger partial charge in [0.15, 0.2) is 0 Å². The summed E-state index contributed by atoms with van der Waals surface area (Å²) < 4.78 is 5.92. The maximum absolute atomic E-state index is 12.6. The summed E-state index contributed by atoms with van der Waals surface area (Å²) in [5, 5.41) is 1.78. The zero-order valence-corrected chi connectivity index (χ0v) is 26.3. The highest BCUT2D eigenvalue weighted by Crippen LogP contribution is 2.44. The summed E-state index contributed by atoms with van der Waals surface area (Å²) in [7, 11) is 0. The Morgan fingerprint density at radius 1 is 1.07 bits per heavy atom. The monoisotopic (exact) mass is 609 g/mol. The molecule has 2 aliphatic heterocycles. The van der Waals surface area contributed by atoms with Gasteiger partial charge in [-0.3, -0.25) is 9.69 Å². The molecule has 1 saturated heterocycles. The van der Waals surface area contributed by atoms with E-state index in [4.69, 9.17) is 22.1 Å². The Morgan fingerprint density at radius 2 is 1.86 bits per heavy atom. The van der Waals surface area contributed by atoms with Crippen molar-refractivity contribution in [3.8, 4) is 5.88 Å². The lowest BCUT2D eigenvalue weighted by Gasteiger charge is -2.38. The highest BCUT2D eigenvalue weighted by Gasteiger charge is 2.31. The fraction of sp³-hybridized carbons (Fsp3) is 0.389. The number of nitrogens with zero attached hydrogens (tertiary/aromatic N) is 3. The van der Waals surface area contributed by atoms with Crippen molar-refractivity contribution in [2.75, 3.05) is 37.7 Å². The molecule has 8 heteroatoms. The van der Waals surface area contributed by atoms with E-state index in [0.717, 1.165) is 72.7 Å². The standard InChI is InChI=1S/C36H40ClN5O2/c1-36(2)13-9-27(30(21-36)24-3-6-28(37)7-4-24)22-41-15-11-23(12-16-41)25-5-8-29(33(38)43)31(19-25)42-17-18-44-35-32(42)20-26-10-14-39-34(26)40-35/h3-8,10,14,19-20,23H,9,11-13,15-18,21-22H2,1-2H3,(H2,38,43)(H,39,40). The predicted molar refractivity (Wildman–Crippen MR) is 178 cm³/mol. The van der Waals surface area contributed by atoms with Gasteiger partial charge in [-0.25, -0.2) is 0 Å². The number of primary amides is 1. The fourth-order valence-electron chi connectivity index (χ4n) is 7.25. The van der Waals surface area contributed by atoms with Crippen LogP contribution in [-0.2, 0) is 0 Å². The summed E-state index contributed by atoms with van der Waals surface area (Å²) in [5.41, 5.74) is 14.9. The maximum atomic E-state index is 12.6. The average Bonchev–Trinajstić information content (AvgIpc) is 3.48. The lowest BCUT2D eigenvalue weighted by molar-refractivity contribution is 0.100. The fourth-order valence-corrected chi connectivity index (χ4v) is 7.38. The van der Waals surface area contributed by atoms with Crippen LogP contribution in [0.3, 0.4) is 0 Å². The zero-order chi connectivity index (χ0) is 30.4. The minimum Gasteiger partial charge on any atom is -0.474 e. The summed E-state index contributed by atoms with van der Waals surface area (Å²) in [6, 6.07) is 18.7. The van der Waals surface area contributed by atoms with Crippen LogP contribution in [0.2, 0.25) is 5.02 Å². The van der Waals surface area contributed by atoms with Crippen LogP contribution in [0.5, 0.6) is 5.88 Å². The number of nitrogens with two attached hydrogens (primary N) is 1.